The number of hydrogen-bond acceptors (Lipinski definition) is 3. The summed E-state index contributed by atoms with van der Waals surface area (Å²) in [6, 6.07) is 9.34. The van der Waals surface area contributed by atoms with Crippen LogP contribution in [0, 0.1) is 0 Å². The summed E-state index contributed by atoms with van der Waals surface area (Å²) in [7, 11) is -3.43. The smallest absolute Gasteiger partial charge is 0.348 e. The van der Waals surface area contributed by atoms with Gasteiger partial charge in [-0.25, -0.2) is 8.42 Å². The lowest BCUT2D eigenvalue weighted by atomic mass is 10.1. The van der Waals surface area contributed by atoms with Gasteiger partial charge in [-0.2, -0.15) is 13.2 Å². The molecule has 5 nitrogen and oxygen atoms in total. The van der Waals surface area contributed by atoms with E-state index >= 15 is 0 Å². The van der Waals surface area contributed by atoms with Gasteiger partial charge in [-0.3, -0.25) is 9.52 Å². The molecule has 0 heterocycles. The van der Waals surface area contributed by atoms with Crippen LogP contribution < -0.4 is 10.0 Å². The predicted molar refractivity (Wildman–Crippen MR) is 107 cm³/mol. The lowest BCUT2D eigenvalue weighted by Gasteiger charge is -2.10. The molecule has 0 radical (unpaired) electrons. The second kappa shape index (κ2) is 8.95. The molecule has 2 aromatic rings. The molecule has 0 atom stereocenters. The van der Waals surface area contributed by atoms with E-state index in [1.807, 2.05) is 0 Å². The molecule has 0 bridgehead atoms. The van der Waals surface area contributed by atoms with Crippen LogP contribution in [-0.2, 0) is 27.5 Å². The van der Waals surface area contributed by atoms with Crippen molar-refractivity contribution in [1.29, 1.82) is 0 Å². The average Bonchev–Trinajstić information content (AvgIpc) is 2.64. The minimum atomic E-state index is -4.41. The highest BCUT2D eigenvalue weighted by Crippen LogP contribution is 2.29. The number of sulfonamides is 1. The zero-order valence-corrected chi connectivity index (χ0v) is 16.3. The monoisotopic (exact) mass is 424 g/mol. The Morgan fingerprint density at radius 2 is 1.79 bits per heavy atom. The molecule has 1 amide bonds. The summed E-state index contributed by atoms with van der Waals surface area (Å²) >= 11 is 0. The summed E-state index contributed by atoms with van der Waals surface area (Å²) < 4.78 is 62.7. The van der Waals surface area contributed by atoms with Gasteiger partial charge in [0, 0.05) is 12.6 Å². The van der Waals surface area contributed by atoms with E-state index in [2.05, 4.69) is 16.6 Å². The number of carbonyl (C=O) groups is 1. The van der Waals surface area contributed by atoms with Crippen molar-refractivity contribution in [1.82, 2.24) is 5.32 Å². The molecule has 0 aliphatic rings. The molecular formula is C20H19F3N2O3S. The predicted octanol–water partition coefficient (Wildman–Crippen LogP) is 4.05. The van der Waals surface area contributed by atoms with E-state index in [9.17, 15) is 26.4 Å². The topological polar surface area (TPSA) is 75.3 Å². The number of nitrogens with one attached hydrogen (secondary N) is 2. The molecule has 154 valence electrons. The van der Waals surface area contributed by atoms with Gasteiger partial charge < -0.3 is 5.32 Å². The van der Waals surface area contributed by atoms with E-state index < -0.39 is 27.7 Å². The van der Waals surface area contributed by atoms with Crippen molar-refractivity contribution in [3.05, 3.63) is 77.4 Å². The van der Waals surface area contributed by atoms with Gasteiger partial charge >= 0.3 is 6.18 Å². The molecule has 2 aromatic carbocycles. The average molecular weight is 424 g/mol. The van der Waals surface area contributed by atoms with Crippen molar-refractivity contribution in [2.45, 2.75) is 12.7 Å². The molecule has 0 fully saturated rings. The van der Waals surface area contributed by atoms with Gasteiger partial charge in [0.1, 0.15) is 0 Å². The molecule has 0 aliphatic carbocycles. The Balaban J connectivity index is 1.98. The van der Waals surface area contributed by atoms with Crippen LogP contribution in [0.3, 0.4) is 0 Å². The lowest BCUT2D eigenvalue weighted by molar-refractivity contribution is -0.137. The Labute approximate surface area is 167 Å². The molecule has 2 rings (SSSR count). The quantitative estimate of drug-likeness (QED) is 0.659. The van der Waals surface area contributed by atoms with Gasteiger partial charge in [-0.15, -0.1) is 0 Å². The Kier molecular flexibility index (Phi) is 6.86. The fraction of sp³-hybridized carbons (Fsp3) is 0.150. The van der Waals surface area contributed by atoms with Crippen LogP contribution in [0.15, 0.2) is 55.1 Å². The van der Waals surface area contributed by atoms with Gasteiger partial charge in [0.25, 0.3) is 0 Å². The number of alkyl halides is 3. The Morgan fingerprint density at radius 1 is 1.14 bits per heavy atom. The Hall–Kier alpha value is -3.07. The molecule has 0 spiro atoms. The number of carbonyl (C=O) groups excluding carboxylic acids is 1. The van der Waals surface area contributed by atoms with Crippen LogP contribution in [0.2, 0.25) is 0 Å². The first kappa shape index (κ1) is 22.2. The maximum atomic E-state index is 12.5. The minimum absolute atomic E-state index is 0.177. The SMILES string of the molecule is C=Cc1cc(CNC(=O)C=Cc2ccc(C(F)(F)F)cc2)ccc1NS(C)(=O)=O. The molecule has 2 N–H and O–H groups in total. The van der Waals surface area contributed by atoms with Crippen LogP contribution in [-0.4, -0.2) is 20.6 Å². The van der Waals surface area contributed by atoms with E-state index in [0.717, 1.165) is 24.0 Å². The van der Waals surface area contributed by atoms with E-state index in [1.165, 1.54) is 30.4 Å². The molecule has 9 heteroatoms. The first-order valence-corrected chi connectivity index (χ1v) is 10.2. The fourth-order valence-electron chi connectivity index (χ4n) is 2.39. The molecular weight excluding hydrogens is 405 g/mol. The summed E-state index contributed by atoms with van der Waals surface area (Å²) in [5.41, 5.74) is 1.35. The zero-order valence-electron chi connectivity index (χ0n) is 15.5. The van der Waals surface area contributed by atoms with E-state index in [1.54, 1.807) is 18.2 Å². The maximum Gasteiger partial charge on any atom is 0.416 e. The van der Waals surface area contributed by atoms with Crippen molar-refractivity contribution in [2.75, 3.05) is 11.0 Å². The Morgan fingerprint density at radius 3 is 2.34 bits per heavy atom. The number of hydrogen-bond donors (Lipinski definition) is 2. The van der Waals surface area contributed by atoms with Crippen LogP contribution in [0.4, 0.5) is 18.9 Å². The highest BCUT2D eigenvalue weighted by Gasteiger charge is 2.29. The molecule has 29 heavy (non-hydrogen) atoms. The second-order valence-electron chi connectivity index (χ2n) is 6.17. The van der Waals surface area contributed by atoms with Gasteiger partial charge in [-0.05, 0) is 47.0 Å². The second-order valence-corrected chi connectivity index (χ2v) is 7.92. The van der Waals surface area contributed by atoms with Crippen molar-refractivity contribution in [3.8, 4) is 0 Å². The third kappa shape index (κ3) is 7.11. The normalized spacial score (nSPS) is 12.0. The highest BCUT2D eigenvalue weighted by molar-refractivity contribution is 7.92. The number of anilines is 1. The largest absolute Gasteiger partial charge is 0.416 e. The van der Waals surface area contributed by atoms with E-state index in [4.69, 9.17) is 0 Å². The summed E-state index contributed by atoms with van der Waals surface area (Å²) in [6.07, 6.45) is 0.747. The van der Waals surface area contributed by atoms with Crippen molar-refractivity contribution in [2.24, 2.45) is 0 Å². The number of benzene rings is 2. The van der Waals surface area contributed by atoms with Crippen molar-refractivity contribution < 1.29 is 26.4 Å². The highest BCUT2D eigenvalue weighted by atomic mass is 32.2. The van der Waals surface area contributed by atoms with Gasteiger partial charge in [0.05, 0.1) is 17.5 Å². The summed E-state index contributed by atoms with van der Waals surface area (Å²) in [6.45, 7) is 3.82. The summed E-state index contributed by atoms with van der Waals surface area (Å²) in [5, 5.41) is 2.65. The number of rotatable bonds is 7. The molecule has 0 unspecified atom stereocenters. The molecule has 0 saturated carbocycles. The summed E-state index contributed by atoms with van der Waals surface area (Å²) in [4.78, 5) is 11.9. The molecule has 0 saturated heterocycles. The van der Waals surface area contributed by atoms with Crippen molar-refractivity contribution >= 4 is 33.8 Å². The fourth-order valence-corrected chi connectivity index (χ4v) is 2.97. The zero-order chi connectivity index (χ0) is 21.7. The minimum Gasteiger partial charge on any atom is -0.348 e. The first-order chi connectivity index (χ1) is 13.5. The lowest BCUT2D eigenvalue weighted by Crippen LogP contribution is -2.20. The van der Waals surface area contributed by atoms with Crippen LogP contribution in [0.25, 0.3) is 12.2 Å². The van der Waals surface area contributed by atoms with Gasteiger partial charge in [0.15, 0.2) is 0 Å². The summed E-state index contributed by atoms with van der Waals surface area (Å²) in [5.74, 6) is -0.427. The first-order valence-electron chi connectivity index (χ1n) is 8.34. The van der Waals surface area contributed by atoms with Crippen molar-refractivity contribution in [3.63, 3.8) is 0 Å². The van der Waals surface area contributed by atoms with Gasteiger partial charge in [-0.1, -0.05) is 30.9 Å². The molecule has 0 aromatic heterocycles. The van der Waals surface area contributed by atoms with E-state index in [0.29, 0.717) is 16.8 Å². The Bertz CT molecular complexity index is 1030. The van der Waals surface area contributed by atoms with Crippen LogP contribution in [0.1, 0.15) is 22.3 Å². The maximum absolute atomic E-state index is 12.5. The third-order valence-electron chi connectivity index (χ3n) is 3.76. The van der Waals surface area contributed by atoms with Gasteiger partial charge in [0.2, 0.25) is 15.9 Å². The third-order valence-corrected chi connectivity index (χ3v) is 4.35. The number of halogens is 3. The molecule has 0 aliphatic heterocycles. The number of amides is 1. The van der Waals surface area contributed by atoms with E-state index in [-0.39, 0.29) is 6.54 Å². The van der Waals surface area contributed by atoms with Crippen LogP contribution >= 0.6 is 0 Å². The standard InChI is InChI=1S/C20H19F3N2O3S/c1-3-16-12-15(6-10-18(16)25-29(2,27)28)13-24-19(26)11-7-14-4-8-17(9-5-14)20(21,22)23/h3-12,25H,1,13H2,2H3,(H,24,26). The van der Waals surface area contributed by atoms with Crippen LogP contribution in [0.5, 0.6) is 0 Å².